The zero-order chi connectivity index (χ0) is 56.2. The second-order valence-electron chi connectivity index (χ2n) is 19.1. The number of nitrogens with two attached hydrogens (primary N) is 2. The lowest BCUT2D eigenvalue weighted by Gasteiger charge is -2.30. The summed E-state index contributed by atoms with van der Waals surface area (Å²) < 4.78 is 0. The first-order valence-corrected chi connectivity index (χ1v) is 26.3. The maximum Gasteiger partial charge on any atom is 0.245 e. The number of thioether (sulfide) groups is 1. The van der Waals surface area contributed by atoms with E-state index in [1.165, 1.54) is 43.0 Å². The highest BCUT2D eigenvalue weighted by Gasteiger charge is 2.37. The van der Waals surface area contributed by atoms with Crippen LogP contribution in [0.25, 0.3) is 10.9 Å². The zero-order valence-corrected chi connectivity index (χ0v) is 44.3. The number of aliphatic imine (C=N–C) groups is 1. The number of para-hydroxylation sites is 1. The zero-order valence-electron chi connectivity index (χ0n) is 43.4. The van der Waals surface area contributed by atoms with Gasteiger partial charge < -0.3 is 79.6 Å². The average molecular weight is 1080 g/mol. The highest BCUT2D eigenvalue weighted by Crippen LogP contribution is 2.20. The number of aromatic amines is 1. The minimum Gasteiger partial charge on any atom is -0.508 e. The van der Waals surface area contributed by atoms with Crippen LogP contribution in [0.1, 0.15) is 65.0 Å². The highest BCUT2D eigenvalue weighted by atomic mass is 32.2. The number of nitrogens with one attached hydrogen (secondary N) is 10. The molecule has 416 valence electrons. The average Bonchev–Trinajstić information content (AvgIpc) is 3.78. The Morgan fingerprint density at radius 3 is 1.74 bits per heavy atom. The number of hydrogen-bond acceptors (Lipinski definition) is 14. The van der Waals surface area contributed by atoms with Crippen LogP contribution in [0.2, 0.25) is 0 Å². The van der Waals surface area contributed by atoms with Crippen LogP contribution in [0.15, 0.2) is 59.7 Å². The summed E-state index contributed by atoms with van der Waals surface area (Å²) in [7, 11) is 0. The van der Waals surface area contributed by atoms with Crippen LogP contribution in [-0.2, 0) is 56.0 Å². The van der Waals surface area contributed by atoms with Crippen molar-refractivity contribution in [2.24, 2.45) is 28.3 Å². The van der Waals surface area contributed by atoms with E-state index in [9.17, 15) is 58.5 Å². The third-order valence-electron chi connectivity index (χ3n) is 12.4. The molecule has 2 aromatic carbocycles. The molecule has 9 atom stereocenters. The van der Waals surface area contributed by atoms with Gasteiger partial charge in [0.25, 0.3) is 0 Å². The van der Waals surface area contributed by atoms with Crippen molar-refractivity contribution in [1.29, 1.82) is 0 Å². The fraction of sp³-hybridized carbons (Fsp3) is 0.520. The van der Waals surface area contributed by atoms with Crippen molar-refractivity contribution in [3.8, 4) is 5.75 Å². The van der Waals surface area contributed by atoms with Gasteiger partial charge in [-0.2, -0.15) is 11.8 Å². The lowest BCUT2D eigenvalue weighted by atomic mass is 9.98. The van der Waals surface area contributed by atoms with Crippen molar-refractivity contribution < 1.29 is 58.5 Å². The Hall–Kier alpha value is -7.45. The van der Waals surface area contributed by atoms with Crippen LogP contribution in [0.4, 0.5) is 0 Å². The Bertz CT molecular complexity index is 2540. The number of amides is 9. The third kappa shape index (κ3) is 18.4. The molecule has 9 amide bonds. The number of phenolic OH excluding ortho intramolecular Hbond substituents is 1. The molecule has 1 saturated heterocycles. The number of nitrogens with zero attached hydrogens (tertiary/aromatic N) is 1. The standard InChI is InChI=1S/C50H73N13O12S/c1-25(2)39-47(73)58-33(12-9-18-53-50(51)52)43(69)57-34(17-19-76-6)44(70)59-35(20-28-13-15-30(66)16-14-28)45(71)60-37(24-64)42(68)55-23-38(67)56-36(21-29-22-54-32-11-8-7-10-31(29)32)46(72)63-41(27(5)65)49(75)62-40(26(3)4)48(74)61-39/h7-8,10-11,13-16,22,25-27,33-37,39-41,54,64-66H,9,12,17-21,23-24H2,1-6H3,(H,55,68)(H,56,67)(H,57,69)(H,58,73)(H,59,70)(H,60,71)(H,61,74)(H,62,75)(H,63,72)(H4,51,52,53)/t27-,33+,34+,35+,36+,37+,39+,40+,41+/m1/s1. The predicted molar refractivity (Wildman–Crippen MR) is 284 cm³/mol. The van der Waals surface area contributed by atoms with Gasteiger partial charge >= 0.3 is 0 Å². The van der Waals surface area contributed by atoms with Crippen LogP contribution < -0.4 is 59.3 Å². The SMILES string of the molecule is CSCC[C@@H]1NC(=O)[C@H](CCCN=C(N)N)NC(=O)[C@H](C(C)C)NC(=O)[C@H](C(C)C)NC(=O)[C@H]([C@@H](C)O)NC(=O)[C@H](Cc2c[nH]c3ccccc23)NC(=O)CNC(=O)[C@H](CO)NC(=O)[C@H](Cc2ccc(O)cc2)NC1=O. The summed E-state index contributed by atoms with van der Waals surface area (Å²) >= 11 is 1.35. The number of carbonyl (C=O) groups is 9. The van der Waals surface area contributed by atoms with Crippen LogP contribution in [0.3, 0.4) is 0 Å². The number of benzene rings is 2. The molecule has 0 spiro atoms. The van der Waals surface area contributed by atoms with Gasteiger partial charge in [-0.1, -0.05) is 58.0 Å². The molecule has 2 heterocycles. The lowest BCUT2D eigenvalue weighted by molar-refractivity contribution is -0.137. The molecule has 26 heteroatoms. The molecule has 25 nitrogen and oxygen atoms in total. The summed E-state index contributed by atoms with van der Waals surface area (Å²) in [6.07, 6.45) is 1.55. The molecule has 1 aromatic heterocycles. The molecule has 0 unspecified atom stereocenters. The molecule has 0 radical (unpaired) electrons. The molecule has 0 saturated carbocycles. The molecule has 1 aliphatic rings. The largest absolute Gasteiger partial charge is 0.508 e. The number of aliphatic hydroxyl groups excluding tert-OH is 2. The number of aromatic nitrogens is 1. The Labute approximate surface area is 444 Å². The number of aromatic hydroxyl groups is 1. The van der Waals surface area contributed by atoms with Gasteiger partial charge in [0.2, 0.25) is 53.2 Å². The van der Waals surface area contributed by atoms with Crippen LogP contribution in [-0.4, -0.2) is 166 Å². The highest BCUT2D eigenvalue weighted by molar-refractivity contribution is 7.98. The van der Waals surface area contributed by atoms with E-state index in [0.29, 0.717) is 27.8 Å². The topological polar surface area (TPSA) is 403 Å². The first-order valence-electron chi connectivity index (χ1n) is 24.9. The first-order chi connectivity index (χ1) is 36.0. The molecule has 0 aliphatic carbocycles. The maximum atomic E-state index is 14.3. The summed E-state index contributed by atoms with van der Waals surface area (Å²) in [6.45, 7) is 6.00. The van der Waals surface area contributed by atoms with Crippen molar-refractivity contribution in [2.75, 3.05) is 31.7 Å². The van der Waals surface area contributed by atoms with E-state index in [1.807, 2.05) is 0 Å². The smallest absolute Gasteiger partial charge is 0.245 e. The number of rotatable bonds is 15. The number of phenols is 1. The number of fused-ring (bicyclic) bond motifs is 1. The minimum atomic E-state index is -1.71. The van der Waals surface area contributed by atoms with Crippen molar-refractivity contribution in [2.45, 2.75) is 121 Å². The number of guanidine groups is 1. The van der Waals surface area contributed by atoms with Gasteiger partial charge in [0.1, 0.15) is 54.1 Å². The van der Waals surface area contributed by atoms with E-state index in [-0.39, 0.29) is 50.4 Å². The second-order valence-corrected chi connectivity index (χ2v) is 20.1. The summed E-state index contributed by atoms with van der Waals surface area (Å²) in [6, 6.07) is 1.12. The van der Waals surface area contributed by atoms with Gasteiger partial charge in [-0.25, -0.2) is 0 Å². The fourth-order valence-electron chi connectivity index (χ4n) is 8.11. The van der Waals surface area contributed by atoms with E-state index in [4.69, 9.17) is 11.5 Å². The minimum absolute atomic E-state index is 0.0251. The van der Waals surface area contributed by atoms with E-state index in [2.05, 4.69) is 57.8 Å². The van der Waals surface area contributed by atoms with Gasteiger partial charge in [0.15, 0.2) is 5.96 Å². The van der Waals surface area contributed by atoms with Gasteiger partial charge in [-0.3, -0.25) is 48.1 Å². The van der Waals surface area contributed by atoms with E-state index < -0.39 is 133 Å². The van der Waals surface area contributed by atoms with E-state index >= 15 is 0 Å². The van der Waals surface area contributed by atoms with Gasteiger partial charge in [0, 0.05) is 36.5 Å². The Balaban J connectivity index is 1.80. The molecule has 0 bridgehead atoms. The quantitative estimate of drug-likeness (QED) is 0.0414. The Kier molecular flexibility index (Phi) is 23.8. The second kappa shape index (κ2) is 29.6. The number of aliphatic hydroxyl groups is 2. The number of hydrogen-bond donors (Lipinski definition) is 15. The molecule has 4 rings (SSSR count). The number of H-pyrrole nitrogens is 1. The van der Waals surface area contributed by atoms with Gasteiger partial charge in [-0.15, -0.1) is 0 Å². The predicted octanol–water partition coefficient (Wildman–Crippen LogP) is -2.84. The molecular weight excluding hydrogens is 1010 g/mol. The Morgan fingerprint density at radius 2 is 1.14 bits per heavy atom. The van der Waals surface area contributed by atoms with Crippen molar-refractivity contribution in [1.82, 2.24) is 52.8 Å². The lowest BCUT2D eigenvalue weighted by Crippen LogP contribution is -2.63. The molecule has 1 fully saturated rings. The summed E-state index contributed by atoms with van der Waals surface area (Å²) in [4.78, 5) is 134. The first kappa shape index (κ1) is 61.1. The van der Waals surface area contributed by atoms with Crippen molar-refractivity contribution in [3.05, 3.63) is 65.9 Å². The molecule has 17 N–H and O–H groups in total. The van der Waals surface area contributed by atoms with Crippen LogP contribution >= 0.6 is 11.8 Å². The number of carbonyl (C=O) groups excluding carboxylic acids is 9. The molecule has 76 heavy (non-hydrogen) atoms. The Morgan fingerprint density at radius 1 is 0.632 bits per heavy atom. The normalized spacial score (nSPS) is 23.9. The maximum absolute atomic E-state index is 14.3. The summed E-state index contributed by atoms with van der Waals surface area (Å²) in [5.74, 6) is -9.40. The molecular formula is C50H73N13O12S. The van der Waals surface area contributed by atoms with Gasteiger partial charge in [-0.05, 0) is 79.4 Å². The van der Waals surface area contributed by atoms with Crippen molar-refractivity contribution in [3.63, 3.8) is 0 Å². The summed E-state index contributed by atoms with van der Waals surface area (Å²) in [5, 5.41) is 55.0. The third-order valence-corrected chi connectivity index (χ3v) is 13.0. The fourth-order valence-corrected chi connectivity index (χ4v) is 8.58. The van der Waals surface area contributed by atoms with E-state index in [0.717, 1.165) is 0 Å². The van der Waals surface area contributed by atoms with Crippen LogP contribution in [0.5, 0.6) is 5.75 Å². The van der Waals surface area contributed by atoms with Gasteiger partial charge in [0.05, 0.1) is 19.3 Å². The van der Waals surface area contributed by atoms with Crippen LogP contribution in [0, 0.1) is 11.8 Å². The molecule has 1 aliphatic heterocycles. The summed E-state index contributed by atoms with van der Waals surface area (Å²) in [5.41, 5.74) is 12.8. The molecule has 3 aromatic rings. The van der Waals surface area contributed by atoms with Crippen molar-refractivity contribution >= 4 is 81.8 Å². The van der Waals surface area contributed by atoms with E-state index in [1.54, 1.807) is 64.4 Å². The monoisotopic (exact) mass is 1080 g/mol.